The fourth-order valence-electron chi connectivity index (χ4n) is 0.888. The number of hydrogen-bond acceptors (Lipinski definition) is 2. The molecule has 1 rings (SSSR count). The predicted octanol–water partition coefficient (Wildman–Crippen LogP) is 2.18. The molecule has 14 heavy (non-hydrogen) atoms. The lowest BCUT2D eigenvalue weighted by Crippen LogP contribution is -2.14. The van der Waals surface area contributed by atoms with Gasteiger partial charge in [0, 0.05) is 0 Å². The molecule has 0 N–H and O–H groups in total. The fourth-order valence-corrected chi connectivity index (χ4v) is 0.888. The molecule has 0 saturated heterocycles. The molecule has 1 radical (unpaired) electrons. The van der Waals surface area contributed by atoms with E-state index in [0.717, 1.165) is 0 Å². The third-order valence-electron chi connectivity index (χ3n) is 1.78. The van der Waals surface area contributed by atoms with Gasteiger partial charge in [-0.15, -0.1) is 0 Å². The quantitative estimate of drug-likeness (QED) is 0.545. The fraction of sp³-hybridized carbons (Fsp3) is 0.364. The molecular weight excluding hydrogens is 180 g/mol. The molecule has 3 nitrogen and oxygen atoms in total. The first-order chi connectivity index (χ1) is 6.63. The Bertz CT molecular complexity index is 301. The van der Waals surface area contributed by atoms with E-state index < -0.39 is 0 Å². The van der Waals surface area contributed by atoms with Crippen LogP contribution in [0.15, 0.2) is 24.3 Å². The first-order valence-corrected chi connectivity index (χ1v) is 4.52. The van der Waals surface area contributed by atoms with Crippen molar-refractivity contribution in [3.05, 3.63) is 29.8 Å². The number of benzene rings is 1. The minimum absolute atomic E-state index is 0.144. The van der Waals surface area contributed by atoms with Crippen molar-refractivity contribution >= 4 is 5.97 Å². The molecule has 0 atom stereocenters. The van der Waals surface area contributed by atoms with E-state index in [-0.39, 0.29) is 18.5 Å². The Morgan fingerprint density at radius 3 is 2.29 bits per heavy atom. The third-order valence-corrected chi connectivity index (χ3v) is 1.78. The lowest BCUT2D eigenvalue weighted by Gasteiger charge is -2.06. The van der Waals surface area contributed by atoms with Gasteiger partial charge in [0.1, 0.15) is 12.4 Å². The number of carbonyl (C=O) groups is 1. The molecule has 1 aromatic rings. The highest BCUT2D eigenvalue weighted by Crippen LogP contribution is 2.13. The Balaban J connectivity index is 2.64. The van der Waals surface area contributed by atoms with Crippen molar-refractivity contribution in [3.8, 4) is 5.75 Å². The maximum absolute atomic E-state index is 11.2. The lowest BCUT2D eigenvalue weighted by molar-refractivity contribution is -0.137. The van der Waals surface area contributed by atoms with Crippen LogP contribution in [0.5, 0.6) is 5.75 Å². The molecule has 0 aromatic heterocycles. The number of hydrogen-bond donors (Lipinski definition) is 0. The van der Waals surface area contributed by atoms with Crippen LogP contribution in [-0.4, -0.2) is 5.97 Å². The predicted molar refractivity (Wildman–Crippen MR) is 51.3 cm³/mol. The van der Waals surface area contributed by atoms with Crippen LogP contribution in [0.25, 0.3) is 0 Å². The van der Waals surface area contributed by atoms with Crippen molar-refractivity contribution in [2.24, 2.45) is 5.92 Å². The summed E-state index contributed by atoms with van der Waals surface area (Å²) >= 11 is 0. The van der Waals surface area contributed by atoms with Gasteiger partial charge in [0.15, 0.2) is 0 Å². The van der Waals surface area contributed by atoms with E-state index in [4.69, 9.17) is 4.74 Å². The summed E-state index contributed by atoms with van der Waals surface area (Å²) in [5.74, 6) is 0.0787. The van der Waals surface area contributed by atoms with Crippen LogP contribution in [0.3, 0.4) is 0 Å². The average molecular weight is 193 g/mol. The summed E-state index contributed by atoms with van der Waals surface area (Å²) < 4.78 is 5.03. The molecule has 0 heterocycles. The first kappa shape index (κ1) is 10.7. The van der Waals surface area contributed by atoms with Crippen molar-refractivity contribution in [2.75, 3.05) is 0 Å². The summed E-state index contributed by atoms with van der Waals surface area (Å²) in [5.41, 5.74) is 0.689. The molecule has 0 amide bonds. The minimum Gasteiger partial charge on any atom is -0.426 e. The smallest absolute Gasteiger partial charge is 0.313 e. The molecular formula is C11H13O3. The Morgan fingerprint density at radius 2 is 1.86 bits per heavy atom. The normalized spacial score (nSPS) is 10.3. The maximum Gasteiger partial charge on any atom is 0.313 e. The molecule has 0 aliphatic carbocycles. The van der Waals surface area contributed by atoms with Crippen LogP contribution in [0, 0.1) is 5.92 Å². The summed E-state index contributed by atoms with van der Waals surface area (Å²) in [6.45, 7) is 3.29. The van der Waals surface area contributed by atoms with Gasteiger partial charge >= 0.3 is 5.97 Å². The number of carbonyl (C=O) groups excluding carboxylic acids is 1. The van der Waals surface area contributed by atoms with E-state index in [1.54, 1.807) is 38.1 Å². The molecule has 75 valence electrons. The molecule has 1 aromatic carbocycles. The van der Waals surface area contributed by atoms with Gasteiger partial charge in [-0.05, 0) is 17.7 Å². The molecule has 0 fully saturated rings. The zero-order valence-electron chi connectivity index (χ0n) is 8.32. The monoisotopic (exact) mass is 193 g/mol. The van der Waals surface area contributed by atoms with Crippen LogP contribution in [0.4, 0.5) is 0 Å². The van der Waals surface area contributed by atoms with Crippen molar-refractivity contribution in [3.63, 3.8) is 0 Å². The molecule has 0 aliphatic rings. The number of esters is 1. The highest BCUT2D eigenvalue weighted by Gasteiger charge is 2.09. The van der Waals surface area contributed by atoms with Gasteiger partial charge in [0.05, 0.1) is 5.92 Å². The van der Waals surface area contributed by atoms with E-state index in [9.17, 15) is 9.90 Å². The second-order valence-corrected chi connectivity index (χ2v) is 3.36. The van der Waals surface area contributed by atoms with E-state index in [1.807, 2.05) is 0 Å². The van der Waals surface area contributed by atoms with Gasteiger partial charge in [0.25, 0.3) is 0 Å². The number of ether oxygens (including phenoxy) is 1. The van der Waals surface area contributed by atoms with Gasteiger partial charge in [-0.2, -0.15) is 0 Å². The van der Waals surface area contributed by atoms with Gasteiger partial charge in [-0.1, -0.05) is 26.0 Å². The summed E-state index contributed by atoms with van der Waals surface area (Å²) in [7, 11) is 0. The summed E-state index contributed by atoms with van der Waals surface area (Å²) in [6, 6.07) is 6.59. The topological polar surface area (TPSA) is 46.2 Å². The van der Waals surface area contributed by atoms with Gasteiger partial charge in [-0.3, -0.25) is 4.79 Å². The maximum atomic E-state index is 11.2. The van der Waals surface area contributed by atoms with E-state index in [2.05, 4.69) is 0 Å². The number of rotatable bonds is 3. The third kappa shape index (κ3) is 2.85. The van der Waals surface area contributed by atoms with Gasteiger partial charge < -0.3 is 4.74 Å². The van der Waals surface area contributed by atoms with Crippen molar-refractivity contribution < 1.29 is 14.6 Å². The first-order valence-electron chi connectivity index (χ1n) is 4.52. The highest BCUT2D eigenvalue weighted by molar-refractivity contribution is 5.74. The molecule has 0 unspecified atom stereocenters. The van der Waals surface area contributed by atoms with Crippen LogP contribution in [-0.2, 0) is 16.5 Å². The van der Waals surface area contributed by atoms with Gasteiger partial charge in [0.2, 0.25) is 0 Å². The zero-order chi connectivity index (χ0) is 10.6. The second-order valence-electron chi connectivity index (χ2n) is 3.36. The minimum atomic E-state index is -0.264. The second kappa shape index (κ2) is 4.77. The van der Waals surface area contributed by atoms with Crippen molar-refractivity contribution in [1.82, 2.24) is 0 Å². The van der Waals surface area contributed by atoms with E-state index in [1.165, 1.54) is 0 Å². The highest BCUT2D eigenvalue weighted by atomic mass is 16.5. The Labute approximate surface area is 83.3 Å². The largest absolute Gasteiger partial charge is 0.426 e. The Morgan fingerprint density at radius 1 is 1.29 bits per heavy atom. The van der Waals surface area contributed by atoms with Crippen molar-refractivity contribution in [2.45, 2.75) is 20.5 Å². The Hall–Kier alpha value is -1.35. The van der Waals surface area contributed by atoms with Gasteiger partial charge in [-0.25, -0.2) is 5.11 Å². The SMILES string of the molecule is CC(C)C(=O)Oc1ccc(C[O])cc1. The molecule has 0 saturated carbocycles. The van der Waals surface area contributed by atoms with Crippen LogP contribution >= 0.6 is 0 Å². The van der Waals surface area contributed by atoms with Crippen LogP contribution in [0.2, 0.25) is 0 Å². The molecule has 3 heteroatoms. The molecule has 0 spiro atoms. The standard InChI is InChI=1S/C11H13O3/c1-8(2)11(13)14-10-5-3-9(7-12)4-6-10/h3-6,8H,7H2,1-2H3. The average Bonchev–Trinajstić information content (AvgIpc) is 2.19. The van der Waals surface area contributed by atoms with E-state index >= 15 is 0 Å². The molecule has 0 bridgehead atoms. The zero-order valence-corrected chi connectivity index (χ0v) is 8.32. The summed E-state index contributed by atoms with van der Waals surface area (Å²) in [5, 5.41) is 10.5. The van der Waals surface area contributed by atoms with Crippen LogP contribution in [0.1, 0.15) is 19.4 Å². The lowest BCUT2D eigenvalue weighted by atomic mass is 10.2. The van der Waals surface area contributed by atoms with Crippen LogP contribution < -0.4 is 4.74 Å². The Kier molecular flexibility index (Phi) is 3.65. The summed E-state index contributed by atoms with van der Waals surface area (Å²) in [6.07, 6.45) is 0. The summed E-state index contributed by atoms with van der Waals surface area (Å²) in [4.78, 5) is 11.2. The van der Waals surface area contributed by atoms with Crippen molar-refractivity contribution in [1.29, 1.82) is 0 Å². The van der Waals surface area contributed by atoms with E-state index in [0.29, 0.717) is 11.3 Å². The molecule has 0 aliphatic heterocycles.